The molecule has 0 aromatic carbocycles. The van der Waals surface area contributed by atoms with E-state index in [2.05, 4.69) is 18.8 Å². The molecule has 0 rings (SSSR count). The maximum absolute atomic E-state index is 10.5. The molecule has 3 nitrogen and oxygen atoms in total. The van der Waals surface area contributed by atoms with Gasteiger partial charge in [0.05, 0.1) is 0 Å². The van der Waals surface area contributed by atoms with Gasteiger partial charge in [-0.3, -0.25) is 4.79 Å². The van der Waals surface area contributed by atoms with Crippen LogP contribution in [-0.2, 0) is 4.79 Å². The van der Waals surface area contributed by atoms with Crippen LogP contribution in [0.1, 0.15) is 26.7 Å². The molecular weight excluding hydrogens is 152 g/mol. The monoisotopic (exact) mass is 170 g/mol. The van der Waals surface area contributed by atoms with E-state index in [9.17, 15) is 4.79 Å². The summed E-state index contributed by atoms with van der Waals surface area (Å²) in [5.74, 6) is -0.267. The van der Waals surface area contributed by atoms with Crippen molar-refractivity contribution in [2.24, 2.45) is 5.73 Å². The Morgan fingerprint density at radius 1 is 1.67 bits per heavy atom. The summed E-state index contributed by atoms with van der Waals surface area (Å²) in [4.78, 5) is 10.5. The smallest absolute Gasteiger partial charge is 0.218 e. The molecule has 0 aromatic heterocycles. The van der Waals surface area contributed by atoms with E-state index >= 15 is 0 Å². The number of hydrogen-bond donors (Lipinski definition) is 2. The molecule has 0 aromatic rings. The molecule has 0 saturated carbocycles. The number of rotatable bonds is 6. The molecule has 1 amide bonds. The molecule has 0 saturated heterocycles. The van der Waals surface area contributed by atoms with Gasteiger partial charge in [0.2, 0.25) is 5.91 Å². The van der Waals surface area contributed by atoms with E-state index in [1.54, 1.807) is 0 Å². The summed E-state index contributed by atoms with van der Waals surface area (Å²) in [6, 6.07) is 0.144. The zero-order valence-electron chi connectivity index (χ0n) is 7.89. The minimum atomic E-state index is -0.267. The molecule has 0 aliphatic carbocycles. The third-order valence-electron chi connectivity index (χ3n) is 1.71. The predicted molar refractivity (Wildman–Crippen MR) is 50.7 cm³/mol. The van der Waals surface area contributed by atoms with Gasteiger partial charge in [0.15, 0.2) is 0 Å². The van der Waals surface area contributed by atoms with Gasteiger partial charge in [-0.25, -0.2) is 0 Å². The van der Waals surface area contributed by atoms with E-state index in [0.29, 0.717) is 6.42 Å². The summed E-state index contributed by atoms with van der Waals surface area (Å²) < 4.78 is 0. The summed E-state index contributed by atoms with van der Waals surface area (Å²) in [7, 11) is 0. The van der Waals surface area contributed by atoms with Gasteiger partial charge in [-0.1, -0.05) is 19.1 Å². The van der Waals surface area contributed by atoms with Gasteiger partial charge in [-0.15, -0.1) is 0 Å². The van der Waals surface area contributed by atoms with Crippen LogP contribution in [-0.4, -0.2) is 18.5 Å². The number of primary amides is 1. The summed E-state index contributed by atoms with van der Waals surface area (Å²) in [6.07, 6.45) is 1.35. The van der Waals surface area contributed by atoms with Gasteiger partial charge in [0.25, 0.3) is 0 Å². The second-order valence-corrected chi connectivity index (χ2v) is 3.06. The Morgan fingerprint density at radius 2 is 2.25 bits per heavy atom. The van der Waals surface area contributed by atoms with Gasteiger partial charge in [-0.2, -0.15) is 0 Å². The third kappa shape index (κ3) is 5.92. The molecule has 3 heteroatoms. The van der Waals surface area contributed by atoms with Crippen molar-refractivity contribution >= 4 is 5.91 Å². The molecule has 0 aliphatic rings. The van der Waals surface area contributed by atoms with Gasteiger partial charge < -0.3 is 11.1 Å². The molecular formula is C9H18N2O. The molecule has 1 unspecified atom stereocenters. The molecule has 0 bridgehead atoms. The van der Waals surface area contributed by atoms with Crippen LogP contribution in [0.3, 0.4) is 0 Å². The average molecular weight is 170 g/mol. The summed E-state index contributed by atoms with van der Waals surface area (Å²) in [6.45, 7) is 8.61. The molecule has 0 heterocycles. The van der Waals surface area contributed by atoms with Crippen LogP contribution in [0.25, 0.3) is 0 Å². The molecule has 1 atom stereocenters. The zero-order chi connectivity index (χ0) is 9.56. The lowest BCUT2D eigenvalue weighted by molar-refractivity contribution is -0.118. The first kappa shape index (κ1) is 11.2. The standard InChI is InChI=1S/C9H18N2O/c1-4-7(2)6-11-8(3)5-9(10)12/h8,11H,2,4-6H2,1,3H3,(H2,10,12). The van der Waals surface area contributed by atoms with Crippen LogP contribution in [0.15, 0.2) is 12.2 Å². The molecule has 0 aliphatic heterocycles. The quantitative estimate of drug-likeness (QED) is 0.579. The Morgan fingerprint density at radius 3 is 2.67 bits per heavy atom. The first-order valence-corrected chi connectivity index (χ1v) is 4.24. The van der Waals surface area contributed by atoms with Crippen LogP contribution < -0.4 is 11.1 Å². The third-order valence-corrected chi connectivity index (χ3v) is 1.71. The molecule has 0 fully saturated rings. The highest BCUT2D eigenvalue weighted by atomic mass is 16.1. The van der Waals surface area contributed by atoms with Gasteiger partial charge in [0, 0.05) is 19.0 Å². The summed E-state index contributed by atoms with van der Waals surface area (Å²) in [5, 5.41) is 3.16. The lowest BCUT2D eigenvalue weighted by atomic mass is 10.2. The zero-order valence-corrected chi connectivity index (χ0v) is 7.89. The van der Waals surface area contributed by atoms with Crippen molar-refractivity contribution in [1.29, 1.82) is 0 Å². The van der Waals surface area contributed by atoms with Crippen molar-refractivity contribution in [3.8, 4) is 0 Å². The Bertz CT molecular complexity index is 166. The van der Waals surface area contributed by atoms with E-state index in [0.717, 1.165) is 18.5 Å². The highest BCUT2D eigenvalue weighted by molar-refractivity contribution is 5.74. The van der Waals surface area contributed by atoms with Crippen LogP contribution in [0.2, 0.25) is 0 Å². The number of nitrogens with two attached hydrogens (primary N) is 1. The maximum Gasteiger partial charge on any atom is 0.218 e. The lowest BCUT2D eigenvalue weighted by Gasteiger charge is -2.12. The first-order valence-electron chi connectivity index (χ1n) is 4.24. The molecule has 12 heavy (non-hydrogen) atoms. The van der Waals surface area contributed by atoms with Crippen molar-refractivity contribution in [1.82, 2.24) is 5.32 Å². The molecule has 70 valence electrons. The number of hydrogen-bond acceptors (Lipinski definition) is 2. The van der Waals surface area contributed by atoms with Crippen LogP contribution in [0.5, 0.6) is 0 Å². The fraction of sp³-hybridized carbons (Fsp3) is 0.667. The van der Waals surface area contributed by atoms with Crippen LogP contribution >= 0.6 is 0 Å². The Balaban J connectivity index is 3.50. The van der Waals surface area contributed by atoms with E-state index in [1.807, 2.05) is 6.92 Å². The van der Waals surface area contributed by atoms with E-state index in [1.165, 1.54) is 0 Å². The SMILES string of the molecule is C=C(CC)CNC(C)CC(N)=O. The largest absolute Gasteiger partial charge is 0.370 e. The lowest BCUT2D eigenvalue weighted by Crippen LogP contribution is -2.32. The minimum Gasteiger partial charge on any atom is -0.370 e. The van der Waals surface area contributed by atoms with Crippen LogP contribution in [0, 0.1) is 0 Å². The number of amides is 1. The predicted octanol–water partition coefficient (Wildman–Crippen LogP) is 0.806. The van der Waals surface area contributed by atoms with Crippen LogP contribution in [0.4, 0.5) is 0 Å². The molecule has 0 radical (unpaired) electrons. The number of carbonyl (C=O) groups excluding carboxylic acids is 1. The van der Waals surface area contributed by atoms with E-state index in [4.69, 9.17) is 5.73 Å². The highest BCUT2D eigenvalue weighted by Crippen LogP contribution is 1.95. The maximum atomic E-state index is 10.5. The van der Waals surface area contributed by atoms with Crippen molar-refractivity contribution in [3.63, 3.8) is 0 Å². The van der Waals surface area contributed by atoms with Crippen molar-refractivity contribution in [2.45, 2.75) is 32.7 Å². The Kier molecular flexibility index (Phi) is 5.37. The fourth-order valence-electron chi connectivity index (χ4n) is 0.818. The summed E-state index contributed by atoms with van der Waals surface area (Å²) >= 11 is 0. The Hall–Kier alpha value is -0.830. The average Bonchev–Trinajstić information content (AvgIpc) is 1.99. The summed E-state index contributed by atoms with van der Waals surface area (Å²) in [5.41, 5.74) is 6.18. The van der Waals surface area contributed by atoms with Gasteiger partial charge in [-0.05, 0) is 13.3 Å². The number of carbonyl (C=O) groups is 1. The topological polar surface area (TPSA) is 55.1 Å². The normalized spacial score (nSPS) is 12.5. The molecule has 3 N–H and O–H groups in total. The van der Waals surface area contributed by atoms with E-state index in [-0.39, 0.29) is 11.9 Å². The second kappa shape index (κ2) is 5.77. The highest BCUT2D eigenvalue weighted by Gasteiger charge is 2.04. The number of nitrogens with one attached hydrogen (secondary N) is 1. The van der Waals surface area contributed by atoms with Crippen molar-refractivity contribution < 1.29 is 4.79 Å². The second-order valence-electron chi connectivity index (χ2n) is 3.06. The van der Waals surface area contributed by atoms with Crippen molar-refractivity contribution in [3.05, 3.63) is 12.2 Å². The Labute approximate surface area is 74.0 Å². The molecule has 0 spiro atoms. The van der Waals surface area contributed by atoms with Gasteiger partial charge in [0.1, 0.15) is 0 Å². The fourth-order valence-corrected chi connectivity index (χ4v) is 0.818. The van der Waals surface area contributed by atoms with Gasteiger partial charge >= 0.3 is 0 Å². The first-order chi connectivity index (χ1) is 5.56. The van der Waals surface area contributed by atoms with E-state index < -0.39 is 0 Å². The minimum absolute atomic E-state index is 0.144. The van der Waals surface area contributed by atoms with Crippen molar-refractivity contribution in [2.75, 3.05) is 6.54 Å².